The van der Waals surface area contributed by atoms with Gasteiger partial charge in [0.15, 0.2) is 0 Å². The molecule has 2 fully saturated rings. The van der Waals surface area contributed by atoms with Gasteiger partial charge in [-0.05, 0) is 55.3 Å². The Morgan fingerprint density at radius 2 is 1.59 bits per heavy atom. The lowest BCUT2D eigenvalue weighted by Crippen LogP contribution is -2.50. The van der Waals surface area contributed by atoms with Crippen LogP contribution in [0.4, 0.5) is 36.8 Å². The van der Waals surface area contributed by atoms with E-state index < -0.39 is 35.6 Å². The summed E-state index contributed by atoms with van der Waals surface area (Å²) in [5, 5.41) is 11.5. The summed E-state index contributed by atoms with van der Waals surface area (Å²) in [5.41, 5.74) is -1.77. The summed E-state index contributed by atoms with van der Waals surface area (Å²) >= 11 is 0. The molecule has 0 spiro atoms. The Bertz CT molecular complexity index is 1090. The van der Waals surface area contributed by atoms with Crippen molar-refractivity contribution in [3.63, 3.8) is 0 Å². The third-order valence-corrected chi connectivity index (χ3v) is 6.10. The number of hydrogen-bond donors (Lipinski definition) is 1. The van der Waals surface area contributed by atoms with E-state index >= 15 is 0 Å². The predicted molar refractivity (Wildman–Crippen MR) is 109 cm³/mol. The van der Waals surface area contributed by atoms with Crippen molar-refractivity contribution >= 4 is 11.7 Å². The molecule has 1 unspecified atom stereocenters. The van der Waals surface area contributed by atoms with Gasteiger partial charge in [0, 0.05) is 30.6 Å². The fourth-order valence-corrected chi connectivity index (χ4v) is 4.59. The number of fused-ring (bicyclic) bond motifs is 2. The van der Waals surface area contributed by atoms with E-state index in [0.29, 0.717) is 25.7 Å². The van der Waals surface area contributed by atoms with Crippen LogP contribution < -0.4 is 10.1 Å². The van der Waals surface area contributed by atoms with Gasteiger partial charge in [0.25, 0.3) is 0 Å². The first-order chi connectivity index (χ1) is 16.0. The number of anilines is 1. The van der Waals surface area contributed by atoms with Crippen LogP contribution in [0.2, 0.25) is 0 Å². The molecule has 11 heteroatoms. The standard InChI is InChI=1S/C23H19F6N3O2/c24-22(25,26)14-2-4-15(5-3-14)31-21(33)32-16-6-7-17(32)11-18(10-16)34-20-8-1-13(12-30)9-19(20)23(27,28)29/h1-5,8-9,16-18H,6-7,10-11H2,(H,31,33)/t16-,17+,18?. The third kappa shape index (κ3) is 4.90. The van der Waals surface area contributed by atoms with Gasteiger partial charge < -0.3 is 15.0 Å². The number of carbonyl (C=O) groups is 1. The number of nitrogens with zero attached hydrogens (tertiary/aromatic N) is 2. The zero-order chi connectivity index (χ0) is 24.7. The highest BCUT2D eigenvalue weighted by Crippen LogP contribution is 2.41. The van der Waals surface area contributed by atoms with Crippen molar-refractivity contribution in [1.29, 1.82) is 5.26 Å². The first-order valence-electron chi connectivity index (χ1n) is 10.5. The van der Waals surface area contributed by atoms with Crippen LogP contribution in [0.5, 0.6) is 5.75 Å². The Morgan fingerprint density at radius 1 is 0.971 bits per heavy atom. The number of carbonyl (C=O) groups excluding carboxylic acids is 1. The molecule has 2 aromatic carbocycles. The van der Waals surface area contributed by atoms with Gasteiger partial charge in [0.2, 0.25) is 0 Å². The molecule has 0 aromatic heterocycles. The highest BCUT2D eigenvalue weighted by Gasteiger charge is 2.45. The molecule has 2 aliphatic rings. The molecule has 4 rings (SSSR count). The minimum Gasteiger partial charge on any atom is -0.490 e. The van der Waals surface area contributed by atoms with Gasteiger partial charge in [-0.1, -0.05) is 0 Å². The van der Waals surface area contributed by atoms with Gasteiger partial charge in [-0.3, -0.25) is 0 Å². The van der Waals surface area contributed by atoms with Gasteiger partial charge in [0.1, 0.15) is 11.9 Å². The number of rotatable bonds is 3. The second-order valence-corrected chi connectivity index (χ2v) is 8.33. The highest BCUT2D eigenvalue weighted by atomic mass is 19.4. The largest absolute Gasteiger partial charge is 0.490 e. The first-order valence-corrected chi connectivity index (χ1v) is 10.5. The fourth-order valence-electron chi connectivity index (χ4n) is 4.59. The Labute approximate surface area is 190 Å². The van der Waals surface area contributed by atoms with Crippen LogP contribution in [-0.4, -0.2) is 29.1 Å². The second kappa shape index (κ2) is 8.74. The number of nitrogens with one attached hydrogen (secondary N) is 1. The SMILES string of the molecule is N#Cc1ccc(OC2C[C@H]3CC[C@@H](C2)N3C(=O)Nc2ccc(C(F)(F)F)cc2)c(C(F)(F)F)c1. The lowest BCUT2D eigenvalue weighted by molar-refractivity contribution is -0.139. The number of benzene rings is 2. The van der Waals surface area contributed by atoms with E-state index in [2.05, 4.69) is 5.32 Å². The number of urea groups is 1. The van der Waals surface area contributed by atoms with Crippen LogP contribution in [-0.2, 0) is 12.4 Å². The molecule has 2 saturated heterocycles. The lowest BCUT2D eigenvalue weighted by atomic mass is 9.99. The predicted octanol–water partition coefficient (Wildman–Crippen LogP) is 6.20. The van der Waals surface area contributed by atoms with Crippen molar-refractivity contribution < 1.29 is 35.9 Å². The summed E-state index contributed by atoms with van der Waals surface area (Å²) in [6, 6.07) is 7.89. The number of ether oxygens (including phenoxy) is 1. The molecule has 2 aliphatic heterocycles. The Morgan fingerprint density at radius 3 is 2.12 bits per heavy atom. The Hall–Kier alpha value is -3.42. The molecule has 1 N–H and O–H groups in total. The zero-order valence-electron chi connectivity index (χ0n) is 17.6. The number of piperidine rings is 1. The summed E-state index contributed by atoms with van der Waals surface area (Å²) < 4.78 is 84.2. The molecule has 0 saturated carbocycles. The molecular formula is C23H19F6N3O2. The molecule has 34 heavy (non-hydrogen) atoms. The molecule has 180 valence electrons. The average Bonchev–Trinajstić information content (AvgIpc) is 3.03. The van der Waals surface area contributed by atoms with Crippen molar-refractivity contribution in [1.82, 2.24) is 4.90 Å². The monoisotopic (exact) mass is 483 g/mol. The van der Waals surface area contributed by atoms with Gasteiger partial charge in [-0.25, -0.2) is 4.79 Å². The number of hydrogen-bond acceptors (Lipinski definition) is 3. The minimum atomic E-state index is -4.69. The van der Waals surface area contributed by atoms with Gasteiger partial charge in [-0.15, -0.1) is 0 Å². The van der Waals surface area contributed by atoms with Crippen LogP contribution in [0.25, 0.3) is 0 Å². The maximum atomic E-state index is 13.4. The highest BCUT2D eigenvalue weighted by molar-refractivity contribution is 5.90. The van der Waals surface area contributed by atoms with Gasteiger partial charge in [0.05, 0.1) is 22.8 Å². The van der Waals surface area contributed by atoms with E-state index in [1.54, 1.807) is 11.0 Å². The molecule has 0 radical (unpaired) electrons. The summed E-state index contributed by atoms with van der Waals surface area (Å²) in [4.78, 5) is 14.4. The summed E-state index contributed by atoms with van der Waals surface area (Å²) in [6.45, 7) is 0. The fraction of sp³-hybridized carbons (Fsp3) is 0.391. The number of halogens is 6. The van der Waals surface area contributed by atoms with Crippen molar-refractivity contribution in [2.75, 3.05) is 5.32 Å². The summed E-state index contributed by atoms with van der Waals surface area (Å²) in [5.74, 6) is -0.362. The molecule has 2 amide bonds. The molecular weight excluding hydrogens is 464 g/mol. The Balaban J connectivity index is 1.43. The van der Waals surface area contributed by atoms with Crippen LogP contribution in [0.3, 0.4) is 0 Å². The van der Waals surface area contributed by atoms with E-state index in [1.807, 2.05) is 0 Å². The van der Waals surface area contributed by atoms with E-state index in [0.717, 1.165) is 24.3 Å². The first kappa shape index (κ1) is 23.7. The van der Waals surface area contributed by atoms with E-state index in [4.69, 9.17) is 10.00 Å². The van der Waals surface area contributed by atoms with E-state index in [1.165, 1.54) is 18.2 Å². The summed E-state index contributed by atoms with van der Waals surface area (Å²) in [6.07, 6.45) is -7.81. The van der Waals surface area contributed by atoms with Crippen molar-refractivity contribution in [2.45, 2.75) is 56.2 Å². The van der Waals surface area contributed by atoms with Crippen LogP contribution in [0.1, 0.15) is 42.4 Å². The van der Waals surface area contributed by atoms with Gasteiger partial charge in [-0.2, -0.15) is 31.6 Å². The van der Waals surface area contributed by atoms with Crippen molar-refractivity contribution in [2.24, 2.45) is 0 Å². The average molecular weight is 483 g/mol. The molecule has 2 bridgehead atoms. The van der Waals surface area contributed by atoms with Crippen LogP contribution in [0, 0.1) is 11.3 Å². The van der Waals surface area contributed by atoms with E-state index in [-0.39, 0.29) is 29.1 Å². The smallest absolute Gasteiger partial charge is 0.420 e. The zero-order valence-corrected chi connectivity index (χ0v) is 17.6. The number of nitriles is 1. The van der Waals surface area contributed by atoms with Crippen LogP contribution >= 0.6 is 0 Å². The molecule has 3 atom stereocenters. The number of amides is 2. The minimum absolute atomic E-state index is 0.130. The quantitative estimate of drug-likeness (QED) is 0.529. The Kier molecular flexibility index (Phi) is 6.10. The lowest BCUT2D eigenvalue weighted by Gasteiger charge is -2.39. The maximum Gasteiger partial charge on any atom is 0.420 e. The van der Waals surface area contributed by atoms with Crippen LogP contribution in [0.15, 0.2) is 42.5 Å². The van der Waals surface area contributed by atoms with Gasteiger partial charge >= 0.3 is 18.4 Å². The molecule has 2 heterocycles. The third-order valence-electron chi connectivity index (χ3n) is 6.10. The molecule has 5 nitrogen and oxygen atoms in total. The van der Waals surface area contributed by atoms with E-state index in [9.17, 15) is 31.1 Å². The van der Waals surface area contributed by atoms with Crippen molar-refractivity contribution in [3.8, 4) is 11.8 Å². The van der Waals surface area contributed by atoms with Crippen molar-refractivity contribution in [3.05, 3.63) is 59.2 Å². The normalized spacial score (nSPS) is 22.3. The topological polar surface area (TPSA) is 65.4 Å². The number of alkyl halides is 6. The second-order valence-electron chi connectivity index (χ2n) is 8.33. The molecule has 2 aromatic rings. The summed E-state index contributed by atoms with van der Waals surface area (Å²) in [7, 11) is 0. The molecule has 0 aliphatic carbocycles. The maximum absolute atomic E-state index is 13.4.